The van der Waals surface area contributed by atoms with Crippen molar-refractivity contribution in [2.75, 3.05) is 14.2 Å². The van der Waals surface area contributed by atoms with Crippen molar-refractivity contribution in [3.63, 3.8) is 0 Å². The Bertz CT molecular complexity index is 1270. The highest BCUT2D eigenvalue weighted by Crippen LogP contribution is 2.45. The normalized spacial score (nSPS) is 21.1. The van der Waals surface area contributed by atoms with E-state index in [0.717, 1.165) is 41.8 Å². The maximum Gasteiger partial charge on any atom is 0.241 e. The lowest BCUT2D eigenvalue weighted by Crippen LogP contribution is -2.45. The first-order valence-corrected chi connectivity index (χ1v) is 11.5. The average Bonchev–Trinajstić information content (AvgIpc) is 3.08. The minimum absolute atomic E-state index is 0.0535. The molecule has 0 bridgehead atoms. The number of H-pyrrole nitrogens is 1. The van der Waals surface area contributed by atoms with Gasteiger partial charge in [-0.15, -0.1) is 0 Å². The zero-order chi connectivity index (χ0) is 21.2. The molecule has 2 aromatic carbocycles. The van der Waals surface area contributed by atoms with E-state index in [0.29, 0.717) is 5.75 Å². The summed E-state index contributed by atoms with van der Waals surface area (Å²) in [4.78, 5) is 6.11. The second-order valence-electron chi connectivity index (χ2n) is 8.19. The lowest BCUT2D eigenvalue weighted by molar-refractivity contribution is 0.104. The third-order valence-electron chi connectivity index (χ3n) is 6.51. The first-order valence-electron chi connectivity index (χ1n) is 9.97. The number of rotatable bonds is 3. The monoisotopic (exact) mass is 427 g/mol. The number of aromatic amines is 1. The van der Waals surface area contributed by atoms with Gasteiger partial charge in [-0.05, 0) is 66.8 Å². The van der Waals surface area contributed by atoms with Crippen molar-refractivity contribution in [2.24, 2.45) is 5.14 Å². The van der Waals surface area contributed by atoms with Gasteiger partial charge in [0.15, 0.2) is 0 Å². The SMILES string of the molecule is COc1ccc2[nH]c3c(c2c1)C[C@H]1c2cc(OC)c(S(N)(=O)=O)cc2CC(C)N1C3. The van der Waals surface area contributed by atoms with E-state index in [4.69, 9.17) is 14.6 Å². The van der Waals surface area contributed by atoms with E-state index in [-0.39, 0.29) is 17.0 Å². The molecule has 7 nitrogen and oxygen atoms in total. The van der Waals surface area contributed by atoms with E-state index >= 15 is 0 Å². The van der Waals surface area contributed by atoms with Crippen LogP contribution in [0.5, 0.6) is 11.5 Å². The zero-order valence-electron chi connectivity index (χ0n) is 17.2. The quantitative estimate of drug-likeness (QED) is 0.670. The summed E-state index contributed by atoms with van der Waals surface area (Å²) in [6.45, 7) is 3.00. The molecule has 0 fully saturated rings. The van der Waals surface area contributed by atoms with Crippen LogP contribution in [-0.4, -0.2) is 38.6 Å². The van der Waals surface area contributed by atoms with Crippen molar-refractivity contribution < 1.29 is 17.9 Å². The van der Waals surface area contributed by atoms with Gasteiger partial charge in [0, 0.05) is 35.2 Å². The van der Waals surface area contributed by atoms with E-state index in [1.54, 1.807) is 13.2 Å². The molecule has 30 heavy (non-hydrogen) atoms. The molecule has 3 N–H and O–H groups in total. The van der Waals surface area contributed by atoms with Gasteiger partial charge in [-0.25, -0.2) is 13.6 Å². The molecule has 0 aliphatic carbocycles. The van der Waals surface area contributed by atoms with Crippen LogP contribution in [-0.2, 0) is 29.4 Å². The topological polar surface area (TPSA) is 97.6 Å². The second kappa shape index (κ2) is 6.73. The van der Waals surface area contributed by atoms with Crippen molar-refractivity contribution in [1.82, 2.24) is 9.88 Å². The van der Waals surface area contributed by atoms with E-state index in [2.05, 4.69) is 28.9 Å². The van der Waals surface area contributed by atoms with E-state index in [1.807, 2.05) is 12.1 Å². The van der Waals surface area contributed by atoms with Gasteiger partial charge in [0.2, 0.25) is 10.0 Å². The predicted molar refractivity (Wildman–Crippen MR) is 114 cm³/mol. The Hall–Kier alpha value is -2.55. The smallest absolute Gasteiger partial charge is 0.241 e. The molecular weight excluding hydrogens is 402 g/mol. The van der Waals surface area contributed by atoms with Gasteiger partial charge in [0.25, 0.3) is 0 Å². The molecule has 0 spiro atoms. The number of aromatic nitrogens is 1. The molecular formula is C22H25N3O4S. The molecule has 0 saturated carbocycles. The van der Waals surface area contributed by atoms with Crippen LogP contribution in [0.1, 0.15) is 35.3 Å². The lowest BCUT2D eigenvalue weighted by atomic mass is 9.82. The van der Waals surface area contributed by atoms with Gasteiger partial charge in [0.1, 0.15) is 16.4 Å². The number of nitrogens with two attached hydrogens (primary N) is 1. The van der Waals surface area contributed by atoms with Gasteiger partial charge in [-0.2, -0.15) is 0 Å². The summed E-state index contributed by atoms with van der Waals surface area (Å²) in [5.41, 5.74) is 5.77. The van der Waals surface area contributed by atoms with E-state index in [9.17, 15) is 8.42 Å². The van der Waals surface area contributed by atoms with Crippen molar-refractivity contribution >= 4 is 20.9 Å². The van der Waals surface area contributed by atoms with Gasteiger partial charge < -0.3 is 14.5 Å². The highest BCUT2D eigenvalue weighted by Gasteiger charge is 2.38. The first kappa shape index (κ1) is 19.4. The number of hydrogen-bond acceptors (Lipinski definition) is 5. The van der Waals surface area contributed by atoms with Gasteiger partial charge in [-0.3, -0.25) is 4.90 Å². The Morgan fingerprint density at radius 3 is 2.63 bits per heavy atom. The molecule has 8 heteroatoms. The summed E-state index contributed by atoms with van der Waals surface area (Å²) >= 11 is 0. The lowest BCUT2D eigenvalue weighted by Gasteiger charge is -2.44. The highest BCUT2D eigenvalue weighted by atomic mass is 32.2. The number of nitrogens with one attached hydrogen (secondary N) is 1. The highest BCUT2D eigenvalue weighted by molar-refractivity contribution is 7.89. The molecule has 0 radical (unpaired) electrons. The molecule has 2 aliphatic rings. The predicted octanol–water partition coefficient (Wildman–Crippen LogP) is 2.88. The van der Waals surface area contributed by atoms with Crippen LogP contribution >= 0.6 is 0 Å². The van der Waals surface area contributed by atoms with Crippen LogP contribution < -0.4 is 14.6 Å². The third kappa shape index (κ3) is 2.90. The molecule has 0 amide bonds. The summed E-state index contributed by atoms with van der Waals surface area (Å²) in [5, 5.41) is 6.62. The molecule has 2 atom stereocenters. The molecule has 2 aliphatic heterocycles. The Morgan fingerprint density at radius 2 is 1.93 bits per heavy atom. The Morgan fingerprint density at radius 1 is 1.13 bits per heavy atom. The van der Waals surface area contributed by atoms with Crippen LogP contribution in [0.25, 0.3) is 10.9 Å². The average molecular weight is 428 g/mol. The van der Waals surface area contributed by atoms with Crippen molar-refractivity contribution in [3.8, 4) is 11.5 Å². The summed E-state index contributed by atoms with van der Waals surface area (Å²) in [6, 6.07) is 10.1. The van der Waals surface area contributed by atoms with Crippen molar-refractivity contribution in [2.45, 2.75) is 43.3 Å². The summed E-state index contributed by atoms with van der Waals surface area (Å²) in [5.74, 6) is 1.14. The van der Waals surface area contributed by atoms with Crippen molar-refractivity contribution in [1.29, 1.82) is 0 Å². The van der Waals surface area contributed by atoms with E-state index < -0.39 is 10.0 Å². The van der Waals surface area contributed by atoms with Gasteiger partial charge in [-0.1, -0.05) is 0 Å². The molecule has 3 aromatic rings. The molecule has 158 valence electrons. The summed E-state index contributed by atoms with van der Waals surface area (Å²) < 4.78 is 35.0. The Kier molecular flexibility index (Phi) is 4.36. The minimum Gasteiger partial charge on any atom is -0.497 e. The fourth-order valence-electron chi connectivity index (χ4n) is 5.05. The Balaban J connectivity index is 1.66. The fourth-order valence-corrected chi connectivity index (χ4v) is 5.78. The third-order valence-corrected chi connectivity index (χ3v) is 7.44. The van der Waals surface area contributed by atoms with Gasteiger partial charge >= 0.3 is 0 Å². The maximum absolute atomic E-state index is 12.1. The number of sulfonamides is 1. The van der Waals surface area contributed by atoms with Crippen LogP contribution in [0.4, 0.5) is 0 Å². The van der Waals surface area contributed by atoms with Crippen molar-refractivity contribution in [3.05, 3.63) is 52.7 Å². The summed E-state index contributed by atoms with van der Waals surface area (Å²) in [6.07, 6.45) is 1.60. The number of primary sulfonamides is 1. The number of nitrogens with zero attached hydrogens (tertiary/aromatic N) is 1. The Labute approximate surface area is 175 Å². The molecule has 1 unspecified atom stereocenters. The number of fused-ring (bicyclic) bond motifs is 6. The van der Waals surface area contributed by atoms with Crippen LogP contribution in [0.2, 0.25) is 0 Å². The van der Waals surface area contributed by atoms with Gasteiger partial charge in [0.05, 0.1) is 14.2 Å². The number of benzene rings is 2. The molecule has 0 saturated heterocycles. The summed E-state index contributed by atoms with van der Waals surface area (Å²) in [7, 11) is -0.706. The largest absolute Gasteiger partial charge is 0.497 e. The number of methoxy groups -OCH3 is 2. The maximum atomic E-state index is 12.1. The fraction of sp³-hybridized carbons (Fsp3) is 0.364. The molecule has 1 aromatic heterocycles. The van der Waals surface area contributed by atoms with Crippen LogP contribution in [0, 0.1) is 0 Å². The van der Waals surface area contributed by atoms with Crippen LogP contribution in [0.15, 0.2) is 35.2 Å². The zero-order valence-corrected chi connectivity index (χ0v) is 18.0. The number of hydrogen-bond donors (Lipinski definition) is 2. The van der Waals surface area contributed by atoms with E-state index in [1.165, 1.54) is 23.8 Å². The minimum atomic E-state index is -3.86. The van der Waals surface area contributed by atoms with Crippen LogP contribution in [0.3, 0.4) is 0 Å². The number of ether oxygens (including phenoxy) is 2. The first-order chi connectivity index (χ1) is 14.3. The standard InChI is InChI=1S/C22H25N3O4S/c1-12-6-13-7-22(30(23,26)27)21(29-3)10-15(13)20-9-17-16-8-14(28-2)4-5-18(16)24-19(17)11-25(12)20/h4-5,7-8,10,12,20,24H,6,9,11H2,1-3H3,(H2,23,26,27)/t12?,20-/m0/s1. The molecule has 3 heterocycles. The molecule has 5 rings (SSSR count). The second-order valence-corrected chi connectivity index (χ2v) is 9.72.